The van der Waals surface area contributed by atoms with Crippen LogP contribution >= 0.6 is 44.3 Å². The maximum atomic E-state index is 16.4. The lowest BCUT2D eigenvalue weighted by Gasteiger charge is -2.31. The Labute approximate surface area is 348 Å². The molecule has 6 rings (SSSR count). The van der Waals surface area contributed by atoms with Crippen LogP contribution in [0.2, 0.25) is 0 Å². The lowest BCUT2D eigenvalue weighted by molar-refractivity contribution is 0.00666. The van der Waals surface area contributed by atoms with Gasteiger partial charge in [0.1, 0.15) is 11.6 Å². The number of hydrazine groups is 1. The van der Waals surface area contributed by atoms with Gasteiger partial charge in [-0.05, 0) is 114 Å². The molecule has 0 bridgehead atoms. The van der Waals surface area contributed by atoms with Crippen LogP contribution in [0.15, 0.2) is 142 Å². The Hall–Kier alpha value is -3.92. The standard InChI is InChI=1S/C41H40BrF2IN5O4PS/c1-4-41(2,3)53-20-17-38(28-9-8-10-29(42)22-28)49-18-16-37(48-49)34-23-30(13-14-35(34)43)54-40-33(21-27(25-46)26-47-55-45)32-15-19-50(39(32)24-36(40)44)56(51,52)31-11-6-5-7-12-31/h4-16,18-19,22-26,37-38,48,55H,1,17,20-21,46H2,2-3H3/b27-25-,47-26+. The van der Waals surface area contributed by atoms with Crippen LogP contribution in [0.1, 0.15) is 49.0 Å². The van der Waals surface area contributed by atoms with E-state index >= 15 is 8.78 Å². The Kier molecular flexibility index (Phi) is 13.5. The molecule has 15 heteroatoms. The van der Waals surface area contributed by atoms with E-state index in [0.29, 0.717) is 29.6 Å². The summed E-state index contributed by atoms with van der Waals surface area (Å²) in [5.41, 5.74) is 11.2. The van der Waals surface area contributed by atoms with Crippen LogP contribution in [0.3, 0.4) is 0 Å². The summed E-state index contributed by atoms with van der Waals surface area (Å²) >= 11 is 5.70. The van der Waals surface area contributed by atoms with E-state index in [1.165, 1.54) is 42.7 Å². The normalized spacial score (nSPS) is 15.8. The van der Waals surface area contributed by atoms with Crippen molar-refractivity contribution in [3.05, 3.63) is 161 Å². The summed E-state index contributed by atoms with van der Waals surface area (Å²) in [7, 11) is -4.07. The molecule has 292 valence electrons. The highest BCUT2D eigenvalue weighted by atomic mass is 127. The van der Waals surface area contributed by atoms with Gasteiger partial charge in [0.05, 0.1) is 41.1 Å². The predicted octanol–water partition coefficient (Wildman–Crippen LogP) is 10.6. The summed E-state index contributed by atoms with van der Waals surface area (Å²) in [4.78, 5) is 0.0532. The highest BCUT2D eigenvalue weighted by molar-refractivity contribution is 14.2. The second-order valence-electron chi connectivity index (χ2n) is 13.4. The zero-order valence-electron chi connectivity index (χ0n) is 30.5. The Bertz CT molecular complexity index is 2430. The number of nitrogens with one attached hydrogen (secondary N) is 1. The summed E-state index contributed by atoms with van der Waals surface area (Å²) in [6.45, 7) is 8.20. The fraction of sp³-hybridized carbons (Fsp3) is 0.195. The first-order valence-electron chi connectivity index (χ1n) is 17.5. The third-order valence-corrected chi connectivity index (χ3v) is 12.6. The van der Waals surface area contributed by atoms with Crippen LogP contribution in [0.4, 0.5) is 8.78 Å². The third-order valence-electron chi connectivity index (χ3n) is 9.32. The van der Waals surface area contributed by atoms with Gasteiger partial charge in [-0.25, -0.2) is 26.6 Å². The molecule has 4 aromatic carbocycles. The number of fused-ring (bicyclic) bond motifs is 1. The summed E-state index contributed by atoms with van der Waals surface area (Å²) in [5, 5.41) is 2.37. The fourth-order valence-corrected chi connectivity index (χ4v) is 8.75. The number of hydrogen-bond donors (Lipinski definition) is 2. The van der Waals surface area contributed by atoms with E-state index in [0.717, 1.165) is 20.1 Å². The van der Waals surface area contributed by atoms with Crippen LogP contribution in [0, 0.1) is 11.6 Å². The van der Waals surface area contributed by atoms with Crippen molar-refractivity contribution in [1.82, 2.24) is 14.4 Å². The smallest absolute Gasteiger partial charge is 0.268 e. The topological polar surface area (TPSA) is 111 Å². The first kappa shape index (κ1) is 41.7. The van der Waals surface area contributed by atoms with E-state index in [9.17, 15) is 8.42 Å². The SMILES string of the molecule is C=CC(C)(C)OCCC(c1cccc(Br)c1)N1C=CC(c2cc(Oc3c(F)cc4c(ccn4S(=O)(=O)c4ccccc4)c3CC(=C/N)/C=N/PI)ccc2F)N1. The molecule has 3 N–H and O–H groups in total. The number of ether oxygens (including phenoxy) is 2. The number of halogens is 4. The highest BCUT2D eigenvalue weighted by Crippen LogP contribution is 2.39. The van der Waals surface area contributed by atoms with Gasteiger partial charge in [-0.3, -0.25) is 4.76 Å². The Balaban J connectivity index is 1.33. The second kappa shape index (κ2) is 18.1. The molecule has 0 radical (unpaired) electrons. The molecule has 9 nitrogen and oxygen atoms in total. The van der Waals surface area contributed by atoms with Crippen molar-refractivity contribution in [2.24, 2.45) is 10.5 Å². The molecule has 0 spiro atoms. The van der Waals surface area contributed by atoms with Crippen LogP contribution in [0.5, 0.6) is 11.5 Å². The average Bonchev–Trinajstić information content (AvgIpc) is 3.85. The summed E-state index contributed by atoms with van der Waals surface area (Å²) in [6.07, 6.45) is 10.7. The van der Waals surface area contributed by atoms with Gasteiger partial charge in [0.15, 0.2) is 11.6 Å². The number of rotatable bonds is 16. The van der Waals surface area contributed by atoms with Crippen molar-refractivity contribution in [1.29, 1.82) is 0 Å². The molecule has 3 unspecified atom stereocenters. The Morgan fingerprint density at radius 3 is 2.61 bits per heavy atom. The molecular formula is C41H40BrF2IN5O4PS. The predicted molar refractivity (Wildman–Crippen MR) is 233 cm³/mol. The maximum Gasteiger partial charge on any atom is 0.268 e. The molecule has 5 aromatic rings. The summed E-state index contributed by atoms with van der Waals surface area (Å²) < 4.78 is 78.0. The van der Waals surface area contributed by atoms with E-state index in [1.807, 2.05) is 55.4 Å². The lowest BCUT2D eigenvalue weighted by Crippen LogP contribution is -2.36. The molecule has 0 saturated carbocycles. The minimum absolute atomic E-state index is 0.0532. The Morgan fingerprint density at radius 2 is 1.89 bits per heavy atom. The molecule has 2 heterocycles. The first-order valence-corrected chi connectivity index (χ1v) is 23.8. The molecule has 0 fully saturated rings. The molecule has 56 heavy (non-hydrogen) atoms. The first-order chi connectivity index (χ1) is 26.8. The van der Waals surface area contributed by atoms with Crippen molar-refractivity contribution in [2.75, 3.05) is 6.61 Å². The maximum absolute atomic E-state index is 16.4. The molecule has 0 saturated heterocycles. The zero-order valence-corrected chi connectivity index (χ0v) is 36.1. The third kappa shape index (κ3) is 9.43. The van der Waals surface area contributed by atoms with E-state index in [1.54, 1.807) is 36.6 Å². The van der Waals surface area contributed by atoms with Gasteiger partial charge in [-0.15, -0.1) is 6.58 Å². The van der Waals surface area contributed by atoms with Crippen LogP contribution in [-0.2, 0) is 21.2 Å². The fourth-order valence-electron chi connectivity index (χ4n) is 6.34. The van der Waals surface area contributed by atoms with Crippen LogP contribution < -0.4 is 15.9 Å². The number of hydrogen-bond acceptors (Lipinski definition) is 8. The number of nitrogens with zero attached hydrogens (tertiary/aromatic N) is 3. The van der Waals surface area contributed by atoms with Gasteiger partial charge < -0.3 is 20.2 Å². The summed E-state index contributed by atoms with van der Waals surface area (Å²) in [5.74, 6) is -1.27. The van der Waals surface area contributed by atoms with E-state index in [4.69, 9.17) is 15.2 Å². The lowest BCUT2D eigenvalue weighted by atomic mass is 10.0. The average molecular weight is 975 g/mol. The van der Waals surface area contributed by atoms with Crippen molar-refractivity contribution in [2.45, 2.75) is 49.3 Å². The van der Waals surface area contributed by atoms with Crippen LogP contribution in [0.25, 0.3) is 10.9 Å². The Morgan fingerprint density at radius 1 is 1.11 bits per heavy atom. The van der Waals surface area contributed by atoms with E-state index < -0.39 is 33.3 Å². The second-order valence-corrected chi connectivity index (χ2v) is 18.1. The van der Waals surface area contributed by atoms with E-state index in [-0.39, 0.29) is 46.3 Å². The molecule has 1 aliphatic rings. The number of benzene rings is 4. The van der Waals surface area contributed by atoms with Crippen molar-refractivity contribution in [3.8, 4) is 11.5 Å². The quantitative estimate of drug-likeness (QED) is 0.0438. The minimum atomic E-state index is -4.07. The number of allylic oxidation sites excluding steroid dienone is 1. The van der Waals surface area contributed by atoms with Gasteiger partial charge in [0.2, 0.25) is 0 Å². The molecule has 0 aliphatic carbocycles. The summed E-state index contributed by atoms with van der Waals surface area (Å²) in [6, 6.07) is 22.1. The molecule has 0 amide bonds. The molecule has 1 aliphatic heterocycles. The van der Waals surface area contributed by atoms with Gasteiger partial charge >= 0.3 is 0 Å². The van der Waals surface area contributed by atoms with Gasteiger partial charge in [0, 0.05) is 52.1 Å². The van der Waals surface area contributed by atoms with E-state index in [2.05, 4.69) is 54.7 Å². The van der Waals surface area contributed by atoms with Crippen molar-refractivity contribution >= 4 is 71.5 Å². The largest absolute Gasteiger partial charge is 0.454 e. The highest BCUT2D eigenvalue weighted by Gasteiger charge is 2.29. The number of aromatic nitrogens is 1. The monoisotopic (exact) mass is 973 g/mol. The van der Waals surface area contributed by atoms with Crippen molar-refractivity contribution in [3.63, 3.8) is 0 Å². The molecule has 3 atom stereocenters. The minimum Gasteiger partial charge on any atom is -0.454 e. The van der Waals surface area contributed by atoms with Crippen molar-refractivity contribution < 1.29 is 26.7 Å². The molecule has 1 aromatic heterocycles. The van der Waals surface area contributed by atoms with Gasteiger partial charge in [-0.2, -0.15) is 0 Å². The van der Waals surface area contributed by atoms with Gasteiger partial charge in [0.25, 0.3) is 10.0 Å². The van der Waals surface area contributed by atoms with Crippen LogP contribution in [-0.4, -0.2) is 35.8 Å². The number of nitrogens with two attached hydrogens (primary N) is 1. The zero-order chi connectivity index (χ0) is 40.0. The molecular weight excluding hydrogens is 934 g/mol. The van der Waals surface area contributed by atoms with Gasteiger partial charge in [-0.1, -0.05) is 52.3 Å².